The second kappa shape index (κ2) is 4.83. The second-order valence-electron chi connectivity index (χ2n) is 5.95. The smallest absolute Gasteiger partial charge is 0.330 e. The highest BCUT2D eigenvalue weighted by Gasteiger charge is 2.52. The Kier molecular flexibility index (Phi) is 3.60. The molecule has 2 nitrogen and oxygen atoms in total. The predicted octanol–water partition coefficient (Wildman–Crippen LogP) is 4.00. The molecule has 0 aromatic rings. The van der Waals surface area contributed by atoms with E-state index in [0.717, 1.165) is 12.8 Å². The van der Waals surface area contributed by atoms with Gasteiger partial charge in [-0.15, -0.1) is 0 Å². The summed E-state index contributed by atoms with van der Waals surface area (Å²) >= 11 is 0. The molecule has 0 N–H and O–H groups in total. The Morgan fingerprint density at radius 3 is 2.12 bits per heavy atom. The van der Waals surface area contributed by atoms with Crippen LogP contribution in [-0.2, 0) is 9.53 Å². The van der Waals surface area contributed by atoms with Crippen LogP contribution in [0.15, 0.2) is 12.7 Å². The average Bonchev–Trinajstić information content (AvgIpc) is 2.80. The van der Waals surface area contributed by atoms with Gasteiger partial charge in [0, 0.05) is 11.5 Å². The molecule has 2 saturated carbocycles. The van der Waals surface area contributed by atoms with E-state index in [-0.39, 0.29) is 17.0 Å². The zero-order valence-electron chi connectivity index (χ0n) is 11.0. The van der Waals surface area contributed by atoms with Gasteiger partial charge in [-0.05, 0) is 38.5 Å². The molecule has 0 atom stereocenters. The van der Waals surface area contributed by atoms with Crippen LogP contribution in [0.25, 0.3) is 0 Å². The van der Waals surface area contributed by atoms with Crippen LogP contribution in [0.1, 0.15) is 64.7 Å². The molecule has 2 fully saturated rings. The van der Waals surface area contributed by atoms with E-state index in [0.29, 0.717) is 0 Å². The van der Waals surface area contributed by atoms with Gasteiger partial charge in [0.15, 0.2) is 0 Å². The Morgan fingerprint density at radius 1 is 1.06 bits per heavy atom. The fourth-order valence-corrected chi connectivity index (χ4v) is 3.80. The molecule has 0 spiro atoms. The SMILES string of the molecule is C=CC(=O)OC1(C2(C)CCCCC2)CCCC1. The molecule has 0 aromatic heterocycles. The zero-order chi connectivity index (χ0) is 12.4. The number of hydrogen-bond donors (Lipinski definition) is 0. The number of esters is 1. The molecule has 2 rings (SSSR count). The minimum atomic E-state index is -0.237. The lowest BCUT2D eigenvalue weighted by atomic mass is 9.63. The summed E-state index contributed by atoms with van der Waals surface area (Å²) in [5.41, 5.74) is -0.000880. The van der Waals surface area contributed by atoms with E-state index in [1.54, 1.807) is 0 Å². The van der Waals surface area contributed by atoms with Crippen molar-refractivity contribution in [2.75, 3.05) is 0 Å². The van der Waals surface area contributed by atoms with Gasteiger partial charge in [0.25, 0.3) is 0 Å². The molecular weight excluding hydrogens is 212 g/mol. The summed E-state index contributed by atoms with van der Waals surface area (Å²) in [4.78, 5) is 11.6. The van der Waals surface area contributed by atoms with Crippen LogP contribution < -0.4 is 0 Å². The van der Waals surface area contributed by atoms with Crippen molar-refractivity contribution in [3.63, 3.8) is 0 Å². The average molecular weight is 236 g/mol. The summed E-state index contributed by atoms with van der Waals surface area (Å²) in [7, 11) is 0. The van der Waals surface area contributed by atoms with Crippen molar-refractivity contribution in [3.05, 3.63) is 12.7 Å². The van der Waals surface area contributed by atoms with Gasteiger partial charge in [-0.25, -0.2) is 4.79 Å². The van der Waals surface area contributed by atoms with E-state index in [9.17, 15) is 4.79 Å². The molecule has 2 aliphatic carbocycles. The first kappa shape index (κ1) is 12.7. The highest BCUT2D eigenvalue weighted by molar-refractivity contribution is 5.81. The van der Waals surface area contributed by atoms with Crippen LogP contribution >= 0.6 is 0 Å². The van der Waals surface area contributed by atoms with Crippen LogP contribution in [-0.4, -0.2) is 11.6 Å². The molecule has 2 heteroatoms. The normalized spacial score (nSPS) is 26.4. The van der Waals surface area contributed by atoms with Gasteiger partial charge in [0.1, 0.15) is 5.60 Å². The first-order chi connectivity index (χ1) is 8.12. The Hall–Kier alpha value is -0.790. The van der Waals surface area contributed by atoms with Crippen LogP contribution in [0.5, 0.6) is 0 Å². The van der Waals surface area contributed by atoms with E-state index < -0.39 is 0 Å². The third-order valence-corrected chi connectivity index (χ3v) is 4.93. The molecule has 0 aliphatic heterocycles. The van der Waals surface area contributed by atoms with E-state index in [2.05, 4.69) is 13.5 Å². The summed E-state index contributed by atoms with van der Waals surface area (Å²) < 4.78 is 5.83. The van der Waals surface area contributed by atoms with E-state index in [1.165, 1.54) is 51.0 Å². The molecule has 0 amide bonds. The van der Waals surface area contributed by atoms with Gasteiger partial charge >= 0.3 is 5.97 Å². The maximum Gasteiger partial charge on any atom is 0.330 e. The molecule has 0 unspecified atom stereocenters. The molecular formula is C15H24O2. The van der Waals surface area contributed by atoms with Gasteiger partial charge in [-0.2, -0.15) is 0 Å². The van der Waals surface area contributed by atoms with E-state index in [1.807, 2.05) is 0 Å². The first-order valence-electron chi connectivity index (χ1n) is 6.97. The van der Waals surface area contributed by atoms with Gasteiger partial charge in [0.2, 0.25) is 0 Å². The van der Waals surface area contributed by atoms with Crippen molar-refractivity contribution in [3.8, 4) is 0 Å². The number of rotatable bonds is 3. The molecule has 0 bridgehead atoms. The monoisotopic (exact) mass is 236 g/mol. The molecule has 0 radical (unpaired) electrons. The molecule has 0 heterocycles. The Labute approximate surface area is 104 Å². The fraction of sp³-hybridized carbons (Fsp3) is 0.800. The van der Waals surface area contributed by atoms with Crippen molar-refractivity contribution >= 4 is 5.97 Å². The zero-order valence-corrected chi connectivity index (χ0v) is 11.0. The standard InChI is InChI=1S/C15H24O2/c1-3-13(16)17-15(11-7-8-12-15)14(2)9-5-4-6-10-14/h3H,1,4-12H2,2H3. The van der Waals surface area contributed by atoms with Crippen LogP contribution in [0.3, 0.4) is 0 Å². The summed E-state index contributed by atoms with van der Waals surface area (Å²) in [6.07, 6.45) is 12.1. The highest BCUT2D eigenvalue weighted by Crippen LogP contribution is 2.53. The largest absolute Gasteiger partial charge is 0.455 e. The third-order valence-electron chi connectivity index (χ3n) is 4.93. The highest BCUT2D eigenvalue weighted by atomic mass is 16.6. The fourth-order valence-electron chi connectivity index (χ4n) is 3.80. The summed E-state index contributed by atoms with van der Waals surface area (Å²) in [5.74, 6) is -0.237. The minimum Gasteiger partial charge on any atom is -0.455 e. The number of carbonyl (C=O) groups is 1. The maximum atomic E-state index is 11.6. The van der Waals surface area contributed by atoms with Gasteiger partial charge in [0.05, 0.1) is 0 Å². The Morgan fingerprint density at radius 2 is 1.59 bits per heavy atom. The molecule has 96 valence electrons. The number of hydrogen-bond acceptors (Lipinski definition) is 2. The van der Waals surface area contributed by atoms with E-state index in [4.69, 9.17) is 4.74 Å². The minimum absolute atomic E-state index is 0.195. The molecule has 0 saturated heterocycles. The van der Waals surface area contributed by atoms with Crippen molar-refractivity contribution in [1.29, 1.82) is 0 Å². The predicted molar refractivity (Wildman–Crippen MR) is 68.7 cm³/mol. The van der Waals surface area contributed by atoms with Crippen LogP contribution in [0.4, 0.5) is 0 Å². The number of carbonyl (C=O) groups excluding carboxylic acids is 1. The number of ether oxygens (including phenoxy) is 1. The lowest BCUT2D eigenvalue weighted by Gasteiger charge is -2.48. The van der Waals surface area contributed by atoms with Gasteiger partial charge in [-0.3, -0.25) is 0 Å². The van der Waals surface area contributed by atoms with E-state index >= 15 is 0 Å². The lowest BCUT2D eigenvalue weighted by molar-refractivity contribution is -0.173. The van der Waals surface area contributed by atoms with Crippen LogP contribution in [0, 0.1) is 5.41 Å². The molecule has 0 aromatic carbocycles. The van der Waals surface area contributed by atoms with Crippen molar-refractivity contribution in [2.45, 2.75) is 70.3 Å². The first-order valence-corrected chi connectivity index (χ1v) is 6.97. The van der Waals surface area contributed by atoms with Crippen LogP contribution in [0.2, 0.25) is 0 Å². The summed E-state index contributed by atoms with van der Waals surface area (Å²) in [6, 6.07) is 0. The lowest BCUT2D eigenvalue weighted by Crippen LogP contribution is -2.48. The third kappa shape index (κ3) is 2.27. The quantitative estimate of drug-likeness (QED) is 0.547. The summed E-state index contributed by atoms with van der Waals surface area (Å²) in [6.45, 7) is 5.85. The second-order valence-corrected chi connectivity index (χ2v) is 5.95. The van der Waals surface area contributed by atoms with Crippen molar-refractivity contribution in [1.82, 2.24) is 0 Å². The summed E-state index contributed by atoms with van der Waals surface area (Å²) in [5, 5.41) is 0. The maximum absolute atomic E-state index is 11.6. The van der Waals surface area contributed by atoms with Gasteiger partial charge in [-0.1, -0.05) is 32.8 Å². The topological polar surface area (TPSA) is 26.3 Å². The molecule has 2 aliphatic rings. The van der Waals surface area contributed by atoms with Gasteiger partial charge < -0.3 is 4.74 Å². The Balaban J connectivity index is 2.20. The Bertz CT molecular complexity index is 294. The van der Waals surface area contributed by atoms with Crippen molar-refractivity contribution in [2.24, 2.45) is 5.41 Å². The molecule has 17 heavy (non-hydrogen) atoms. The van der Waals surface area contributed by atoms with Crippen molar-refractivity contribution < 1.29 is 9.53 Å².